The van der Waals surface area contributed by atoms with E-state index in [0.29, 0.717) is 34.3 Å². The van der Waals surface area contributed by atoms with Crippen LogP contribution in [-0.2, 0) is 5.60 Å². The molecule has 0 saturated heterocycles. The number of fused-ring (bicyclic) bond motifs is 1. The minimum atomic E-state index is -1.15. The summed E-state index contributed by atoms with van der Waals surface area (Å²) >= 11 is 0. The van der Waals surface area contributed by atoms with Crippen molar-refractivity contribution in [2.24, 2.45) is 0 Å². The van der Waals surface area contributed by atoms with E-state index in [2.05, 4.69) is 25.4 Å². The molecule has 4 rings (SSSR count). The lowest BCUT2D eigenvalue weighted by Gasteiger charge is -2.18. The van der Waals surface area contributed by atoms with Crippen LogP contribution in [0.15, 0.2) is 48.9 Å². The molecule has 0 aromatic carbocycles. The molecule has 2 N–H and O–H groups in total. The van der Waals surface area contributed by atoms with Crippen LogP contribution in [0.25, 0.3) is 17.0 Å². The van der Waals surface area contributed by atoms with E-state index in [-0.39, 0.29) is 5.69 Å². The molecule has 0 unspecified atom stereocenters. The maximum absolute atomic E-state index is 14.2. The molecule has 4 heterocycles. The summed E-state index contributed by atoms with van der Waals surface area (Å²) in [6.45, 7) is 3.33. The van der Waals surface area contributed by atoms with Crippen LogP contribution in [0.3, 0.4) is 0 Å². The van der Waals surface area contributed by atoms with Crippen molar-refractivity contribution in [1.29, 1.82) is 0 Å². The molecule has 0 aliphatic heterocycles. The smallest absolute Gasteiger partial charge is 0.213 e. The van der Waals surface area contributed by atoms with E-state index in [1.54, 1.807) is 48.8 Å². The predicted molar refractivity (Wildman–Crippen MR) is 105 cm³/mol. The third-order valence-corrected chi connectivity index (χ3v) is 4.36. The van der Waals surface area contributed by atoms with E-state index in [1.165, 1.54) is 19.4 Å². The zero-order chi connectivity index (χ0) is 20.6. The minimum Gasteiger partial charge on any atom is -0.481 e. The van der Waals surface area contributed by atoms with Gasteiger partial charge in [-0.05, 0) is 32.0 Å². The molecule has 0 radical (unpaired) electrons. The molecule has 9 heteroatoms. The standard InChI is InChI=1S/C20H19FN6O2/c1-20(2,28)12-8-10-27-17(12)19(24-14-7-9-22-11-13(14)21)25-18(26-27)15-5-4-6-16(23-15)29-3/h4-11,28H,1-3H3,(H,22,24,25,26). The van der Waals surface area contributed by atoms with Crippen molar-refractivity contribution < 1.29 is 14.2 Å². The van der Waals surface area contributed by atoms with Crippen molar-refractivity contribution in [3.8, 4) is 17.4 Å². The molecule has 4 aromatic heterocycles. The largest absolute Gasteiger partial charge is 0.481 e. The molecule has 0 spiro atoms. The molecule has 0 bridgehead atoms. The monoisotopic (exact) mass is 394 g/mol. The van der Waals surface area contributed by atoms with Crippen molar-refractivity contribution >= 4 is 17.0 Å². The summed E-state index contributed by atoms with van der Waals surface area (Å²) in [4.78, 5) is 12.7. The lowest BCUT2D eigenvalue weighted by atomic mass is 10.00. The van der Waals surface area contributed by atoms with E-state index >= 15 is 0 Å². The highest BCUT2D eigenvalue weighted by atomic mass is 19.1. The van der Waals surface area contributed by atoms with Crippen LogP contribution in [0.2, 0.25) is 0 Å². The summed E-state index contributed by atoms with van der Waals surface area (Å²) in [5.74, 6) is 0.533. The van der Waals surface area contributed by atoms with Gasteiger partial charge in [-0.1, -0.05) is 6.07 Å². The van der Waals surface area contributed by atoms with Crippen molar-refractivity contribution in [2.75, 3.05) is 12.4 Å². The van der Waals surface area contributed by atoms with Gasteiger partial charge in [-0.15, -0.1) is 5.10 Å². The number of halogens is 1. The molecule has 148 valence electrons. The van der Waals surface area contributed by atoms with Crippen LogP contribution in [0.4, 0.5) is 15.9 Å². The molecule has 4 aromatic rings. The van der Waals surface area contributed by atoms with E-state index in [4.69, 9.17) is 4.74 Å². The Bertz CT molecular complexity index is 1190. The molecule has 0 atom stereocenters. The number of pyridine rings is 2. The van der Waals surface area contributed by atoms with Gasteiger partial charge in [-0.3, -0.25) is 4.98 Å². The number of hydrogen-bond acceptors (Lipinski definition) is 7. The summed E-state index contributed by atoms with van der Waals surface area (Å²) in [5, 5.41) is 18.1. The number of methoxy groups -OCH3 is 1. The molecular weight excluding hydrogens is 375 g/mol. The van der Waals surface area contributed by atoms with Gasteiger partial charge < -0.3 is 15.2 Å². The van der Waals surface area contributed by atoms with Crippen LogP contribution in [0.5, 0.6) is 5.88 Å². The lowest BCUT2D eigenvalue weighted by molar-refractivity contribution is 0.0802. The van der Waals surface area contributed by atoms with Gasteiger partial charge in [0.1, 0.15) is 11.2 Å². The number of ether oxygens (including phenoxy) is 1. The first kappa shape index (κ1) is 18.8. The first-order valence-electron chi connectivity index (χ1n) is 8.87. The van der Waals surface area contributed by atoms with Gasteiger partial charge in [0.25, 0.3) is 0 Å². The quantitative estimate of drug-likeness (QED) is 0.536. The Balaban J connectivity index is 1.93. The second-order valence-electron chi connectivity index (χ2n) is 6.91. The van der Waals surface area contributed by atoms with Crippen molar-refractivity contribution in [3.05, 3.63) is 60.3 Å². The highest BCUT2D eigenvalue weighted by Gasteiger charge is 2.24. The summed E-state index contributed by atoms with van der Waals surface area (Å²) in [6.07, 6.45) is 4.30. The number of aromatic nitrogens is 5. The number of nitrogens with one attached hydrogen (secondary N) is 1. The van der Waals surface area contributed by atoms with Crippen LogP contribution >= 0.6 is 0 Å². The second-order valence-corrected chi connectivity index (χ2v) is 6.91. The Morgan fingerprint density at radius 1 is 1.17 bits per heavy atom. The topological polar surface area (TPSA) is 97.5 Å². The van der Waals surface area contributed by atoms with E-state index < -0.39 is 11.4 Å². The number of anilines is 2. The van der Waals surface area contributed by atoms with Crippen LogP contribution in [-0.4, -0.2) is 36.8 Å². The van der Waals surface area contributed by atoms with Crippen LogP contribution < -0.4 is 10.1 Å². The Kier molecular flexibility index (Phi) is 4.59. The van der Waals surface area contributed by atoms with Gasteiger partial charge in [-0.2, -0.15) is 0 Å². The van der Waals surface area contributed by atoms with Gasteiger partial charge in [-0.25, -0.2) is 18.9 Å². The fourth-order valence-electron chi connectivity index (χ4n) is 2.97. The molecular formula is C20H19FN6O2. The summed E-state index contributed by atoms with van der Waals surface area (Å²) in [7, 11) is 1.52. The van der Waals surface area contributed by atoms with E-state index in [9.17, 15) is 9.50 Å². The average Bonchev–Trinajstić information content (AvgIpc) is 3.14. The van der Waals surface area contributed by atoms with E-state index in [1.807, 2.05) is 0 Å². The predicted octanol–water partition coefficient (Wildman–Crippen LogP) is 3.31. The van der Waals surface area contributed by atoms with E-state index in [0.717, 1.165) is 6.20 Å². The molecule has 29 heavy (non-hydrogen) atoms. The first-order valence-corrected chi connectivity index (χ1v) is 8.87. The molecule has 0 saturated carbocycles. The maximum Gasteiger partial charge on any atom is 0.213 e. The Hall–Kier alpha value is -3.59. The minimum absolute atomic E-state index is 0.202. The van der Waals surface area contributed by atoms with Crippen molar-refractivity contribution in [2.45, 2.75) is 19.4 Å². The zero-order valence-electron chi connectivity index (χ0n) is 16.1. The fourth-order valence-corrected chi connectivity index (χ4v) is 2.97. The Labute approximate surface area is 166 Å². The maximum atomic E-state index is 14.2. The highest BCUT2D eigenvalue weighted by Crippen LogP contribution is 2.32. The van der Waals surface area contributed by atoms with Crippen LogP contribution in [0.1, 0.15) is 19.4 Å². The van der Waals surface area contributed by atoms with Gasteiger partial charge in [0, 0.05) is 24.0 Å². The zero-order valence-corrected chi connectivity index (χ0v) is 16.1. The SMILES string of the molecule is COc1cccc(-c2nc(Nc3ccncc3F)c3c(C(C)(C)O)ccn3n2)n1. The average molecular weight is 394 g/mol. The first-order chi connectivity index (χ1) is 13.9. The van der Waals surface area contributed by atoms with Gasteiger partial charge in [0.2, 0.25) is 11.7 Å². The molecule has 0 aliphatic carbocycles. The Morgan fingerprint density at radius 2 is 2.00 bits per heavy atom. The molecule has 0 fully saturated rings. The summed E-state index contributed by atoms with van der Waals surface area (Å²) in [6, 6.07) is 8.50. The number of aliphatic hydroxyl groups is 1. The summed E-state index contributed by atoms with van der Waals surface area (Å²) in [5.41, 5.74) is 0.664. The molecule has 8 nitrogen and oxygen atoms in total. The highest BCUT2D eigenvalue weighted by molar-refractivity contribution is 5.78. The number of rotatable bonds is 5. The van der Waals surface area contributed by atoms with Crippen molar-refractivity contribution in [1.82, 2.24) is 24.6 Å². The normalized spacial score (nSPS) is 11.6. The number of nitrogens with zero attached hydrogens (tertiary/aromatic N) is 5. The molecule has 0 aliphatic rings. The third-order valence-electron chi connectivity index (χ3n) is 4.36. The summed E-state index contributed by atoms with van der Waals surface area (Å²) < 4.78 is 21.0. The van der Waals surface area contributed by atoms with Crippen molar-refractivity contribution in [3.63, 3.8) is 0 Å². The number of hydrogen-bond donors (Lipinski definition) is 2. The van der Waals surface area contributed by atoms with Gasteiger partial charge >= 0.3 is 0 Å². The van der Waals surface area contributed by atoms with Gasteiger partial charge in [0.05, 0.1) is 24.6 Å². The van der Waals surface area contributed by atoms with Crippen LogP contribution in [0, 0.1) is 5.82 Å². The lowest BCUT2D eigenvalue weighted by Crippen LogP contribution is -2.16. The van der Waals surface area contributed by atoms with Gasteiger partial charge in [0.15, 0.2) is 11.6 Å². The molecule has 0 amide bonds. The third kappa shape index (κ3) is 3.59. The second kappa shape index (κ2) is 7.10. The fraction of sp³-hybridized carbons (Fsp3) is 0.200. The Morgan fingerprint density at radius 3 is 2.72 bits per heavy atom.